The molecule has 1 amide bonds. The number of amides is 1. The first-order valence-corrected chi connectivity index (χ1v) is 22.8. The zero-order valence-electron chi connectivity index (χ0n) is 37.4. The van der Waals surface area contributed by atoms with Gasteiger partial charge >= 0.3 is 6.09 Å². The van der Waals surface area contributed by atoms with Crippen molar-refractivity contribution in [1.29, 1.82) is 0 Å². The number of aliphatic hydroxyl groups is 2. The molecular weight excluding hydrogens is 855 g/mol. The van der Waals surface area contributed by atoms with Gasteiger partial charge in [-0.25, -0.2) is 4.79 Å². The van der Waals surface area contributed by atoms with E-state index >= 15 is 4.79 Å². The summed E-state index contributed by atoms with van der Waals surface area (Å²) in [6.45, 7) is 4.21. The van der Waals surface area contributed by atoms with Gasteiger partial charge in [0.1, 0.15) is 42.4 Å². The molecule has 1 heterocycles. The van der Waals surface area contributed by atoms with Gasteiger partial charge in [-0.1, -0.05) is 84.7 Å². The molecule has 8 rings (SSSR count). The van der Waals surface area contributed by atoms with E-state index in [-0.39, 0.29) is 62.0 Å². The molecule has 0 spiro atoms. The summed E-state index contributed by atoms with van der Waals surface area (Å²) in [4.78, 5) is 45.2. The number of rotatable bonds is 20. The number of hydrogen-bond acceptors (Lipinski definition) is 12. The number of nitrogens with zero attached hydrogens (tertiary/aromatic N) is 3. The minimum Gasteiger partial charge on any atom is -0.459 e. The molecule has 3 aliphatic rings. The fourth-order valence-electron chi connectivity index (χ4n) is 10.3. The highest BCUT2D eigenvalue weighted by Gasteiger charge is 2.65. The Bertz CT molecular complexity index is 2640. The summed E-state index contributed by atoms with van der Waals surface area (Å²) >= 11 is 0. The lowest BCUT2D eigenvalue weighted by molar-refractivity contribution is -0.384. The molecule has 0 unspecified atom stereocenters. The van der Waals surface area contributed by atoms with Gasteiger partial charge in [0.25, 0.3) is 5.69 Å². The number of aliphatic hydroxyl groups excluding tert-OH is 2. The van der Waals surface area contributed by atoms with Crippen LogP contribution in [-0.2, 0) is 16.1 Å². The van der Waals surface area contributed by atoms with Crippen LogP contribution in [0.4, 0.5) is 10.5 Å². The summed E-state index contributed by atoms with van der Waals surface area (Å²) in [5, 5.41) is 38.1. The van der Waals surface area contributed by atoms with Gasteiger partial charge < -0.3 is 34.0 Å². The summed E-state index contributed by atoms with van der Waals surface area (Å²) in [6.07, 6.45) is 8.24. The fourth-order valence-corrected chi connectivity index (χ4v) is 10.3. The monoisotopic (exact) mass is 909 g/mol. The van der Waals surface area contributed by atoms with Crippen molar-refractivity contribution in [3.05, 3.63) is 160 Å². The number of nitro groups is 1. The lowest BCUT2D eigenvalue weighted by Crippen LogP contribution is -2.70. The third-order valence-electron chi connectivity index (χ3n) is 13.2. The first-order chi connectivity index (χ1) is 32.7. The zero-order chi connectivity index (χ0) is 46.9. The minimum absolute atomic E-state index is 0.00381. The van der Waals surface area contributed by atoms with Gasteiger partial charge in [-0.05, 0) is 102 Å². The molecule has 2 N–H and O–H groups in total. The second-order valence-electron chi connectivity index (χ2n) is 17.1. The van der Waals surface area contributed by atoms with Crippen LogP contribution >= 0.6 is 0 Å². The van der Waals surface area contributed by atoms with E-state index in [0.717, 1.165) is 59.4 Å². The summed E-state index contributed by atoms with van der Waals surface area (Å²) in [5.74, 6) is -0.981. The van der Waals surface area contributed by atoms with Crippen molar-refractivity contribution in [2.75, 3.05) is 26.9 Å². The highest BCUT2D eigenvalue weighted by Crippen LogP contribution is 2.62. The van der Waals surface area contributed by atoms with Crippen LogP contribution in [0.25, 0.3) is 10.8 Å². The third kappa shape index (κ3) is 9.83. The molecule has 2 aliphatic carbocycles. The Balaban J connectivity index is 1.34. The number of non-ortho nitro benzene ring substituents is 1. The standard InChI is InChI=1S/C53H55N3O11/c1-3-28-64-53-49(55(33-38-16-11-15-36-13-4-5-18-43(36)38)52(60)66-40-22-20-39(21-23-40)56(61)62)32-47(54-63-2)45-30-37(14-6-8-26-57)44(19-7-9-27-58)50(51(45)53)46-31-42(24-25-48(46)67-53)65-41-17-10-12-35(29-41)34-59/h3-5,10-13,15-18,20-25,29-31,34,37,44,49-51,57-58H,1,6-9,14,19,26-28,32-33H2,2H3/t37-,44+,49-,50+,51+,53+/m0/s1. The molecule has 5 aromatic rings. The first-order valence-electron chi connectivity index (χ1n) is 22.8. The summed E-state index contributed by atoms with van der Waals surface area (Å²) in [5.41, 5.74) is 3.44. The van der Waals surface area contributed by atoms with Crippen LogP contribution in [0.1, 0.15) is 72.3 Å². The number of carbonyl (C=O) groups excluding carboxylic acids is 2. The van der Waals surface area contributed by atoms with Crippen LogP contribution in [0.5, 0.6) is 23.0 Å². The average Bonchev–Trinajstić information content (AvgIpc) is 3.34. The Morgan fingerprint density at radius 2 is 1.66 bits per heavy atom. The average molecular weight is 910 g/mol. The van der Waals surface area contributed by atoms with Crippen molar-refractivity contribution in [3.63, 3.8) is 0 Å². The smallest absolute Gasteiger partial charge is 0.416 e. The highest BCUT2D eigenvalue weighted by atomic mass is 16.7. The van der Waals surface area contributed by atoms with Gasteiger partial charge in [-0.15, -0.1) is 6.58 Å². The summed E-state index contributed by atoms with van der Waals surface area (Å²) in [7, 11) is 1.49. The SMILES string of the molecule is C=CCO[C@@]12Oc3ccc(Oc4cccc(C=O)c4)cc3[C@H]3[C@H](CCCCO)[C@@H](CCCCO)C=C(C(=NOC)C[C@@H]1N(Cc1cccc4ccccc14)C(=O)Oc1ccc([N+](=O)[O-])cc1)[C@H]32. The number of aldehydes is 1. The highest BCUT2D eigenvalue weighted by molar-refractivity contribution is 6.03. The van der Waals surface area contributed by atoms with Crippen molar-refractivity contribution >= 4 is 34.6 Å². The van der Waals surface area contributed by atoms with E-state index in [0.29, 0.717) is 41.4 Å². The van der Waals surface area contributed by atoms with Crippen molar-refractivity contribution in [2.24, 2.45) is 22.9 Å². The third-order valence-corrected chi connectivity index (χ3v) is 13.2. The van der Waals surface area contributed by atoms with E-state index in [1.54, 1.807) is 41.3 Å². The van der Waals surface area contributed by atoms with Crippen molar-refractivity contribution < 1.29 is 48.5 Å². The van der Waals surface area contributed by atoms with Crippen LogP contribution in [0, 0.1) is 27.9 Å². The van der Waals surface area contributed by atoms with Gasteiger partial charge in [0.2, 0.25) is 5.79 Å². The molecule has 0 bridgehead atoms. The molecule has 67 heavy (non-hydrogen) atoms. The Morgan fingerprint density at radius 3 is 2.40 bits per heavy atom. The number of nitro benzene ring substituents is 1. The first kappa shape index (κ1) is 46.7. The number of hydrogen-bond donors (Lipinski definition) is 2. The molecule has 1 aliphatic heterocycles. The number of unbranched alkanes of at least 4 members (excludes halogenated alkanes) is 2. The van der Waals surface area contributed by atoms with Crippen molar-refractivity contribution in [3.8, 4) is 23.0 Å². The molecular formula is C53H55N3O11. The lowest BCUT2D eigenvalue weighted by atomic mass is 9.55. The molecule has 1 saturated carbocycles. The Kier molecular flexibility index (Phi) is 14.7. The fraction of sp³-hybridized carbons (Fsp3) is 0.340. The maximum Gasteiger partial charge on any atom is 0.416 e. The summed E-state index contributed by atoms with van der Waals surface area (Å²) < 4.78 is 27.1. The van der Waals surface area contributed by atoms with Crippen molar-refractivity contribution in [2.45, 2.75) is 69.2 Å². The molecule has 0 radical (unpaired) electrons. The van der Waals surface area contributed by atoms with E-state index in [4.69, 9.17) is 28.9 Å². The number of fused-ring (bicyclic) bond motifs is 3. The molecule has 348 valence electrons. The second-order valence-corrected chi connectivity index (χ2v) is 17.1. The Morgan fingerprint density at radius 1 is 0.925 bits per heavy atom. The number of carbonyl (C=O) groups is 2. The van der Waals surface area contributed by atoms with Crippen LogP contribution in [0.2, 0.25) is 0 Å². The predicted octanol–water partition coefficient (Wildman–Crippen LogP) is 10.3. The number of oxime groups is 1. The number of benzene rings is 5. The van der Waals surface area contributed by atoms with Gasteiger partial charge in [-0.3, -0.25) is 19.8 Å². The van der Waals surface area contributed by atoms with Crippen LogP contribution in [-0.4, -0.2) is 76.9 Å². The maximum atomic E-state index is 15.2. The van der Waals surface area contributed by atoms with E-state index in [1.165, 1.54) is 31.4 Å². The van der Waals surface area contributed by atoms with E-state index < -0.39 is 28.8 Å². The van der Waals surface area contributed by atoms with E-state index in [1.807, 2.05) is 54.6 Å². The molecule has 5 aromatic carbocycles. The van der Waals surface area contributed by atoms with Gasteiger partial charge in [0, 0.05) is 48.8 Å². The van der Waals surface area contributed by atoms with Crippen LogP contribution < -0.4 is 14.2 Å². The molecule has 0 saturated heterocycles. The quantitative estimate of drug-likeness (QED) is 0.0249. The Labute approximate surface area is 389 Å². The molecule has 6 atom stereocenters. The molecule has 14 heteroatoms. The molecule has 14 nitrogen and oxygen atoms in total. The van der Waals surface area contributed by atoms with Gasteiger partial charge in [-0.2, -0.15) is 0 Å². The van der Waals surface area contributed by atoms with Gasteiger partial charge in [0.15, 0.2) is 0 Å². The van der Waals surface area contributed by atoms with E-state index in [2.05, 4.69) is 12.7 Å². The largest absolute Gasteiger partial charge is 0.459 e. The Hall–Kier alpha value is -6.87. The van der Waals surface area contributed by atoms with Gasteiger partial charge in [0.05, 0.1) is 29.7 Å². The van der Waals surface area contributed by atoms with Crippen LogP contribution in [0.15, 0.2) is 139 Å². The zero-order valence-corrected chi connectivity index (χ0v) is 37.4. The second kappa shape index (κ2) is 21.2. The number of ether oxygens (including phenoxy) is 4. The minimum atomic E-state index is -1.60. The van der Waals surface area contributed by atoms with Crippen LogP contribution in [0.3, 0.4) is 0 Å². The van der Waals surface area contributed by atoms with Crippen molar-refractivity contribution in [1.82, 2.24) is 4.90 Å². The topological polar surface area (TPSA) is 179 Å². The predicted molar refractivity (Wildman–Crippen MR) is 252 cm³/mol. The maximum absolute atomic E-state index is 15.2. The molecule has 1 fully saturated rings. The van der Waals surface area contributed by atoms with E-state index in [9.17, 15) is 25.1 Å². The normalized spacial score (nSPS) is 22.1. The molecule has 0 aromatic heterocycles. The lowest BCUT2D eigenvalue weighted by Gasteiger charge is -2.59. The number of allylic oxidation sites excluding steroid dienone is 1. The summed E-state index contributed by atoms with van der Waals surface area (Å²) in [6, 6.07) is 30.8.